The van der Waals surface area contributed by atoms with Gasteiger partial charge in [0.2, 0.25) is 11.5 Å². The molecule has 0 saturated heterocycles. The van der Waals surface area contributed by atoms with Gasteiger partial charge in [0.25, 0.3) is 5.91 Å². The van der Waals surface area contributed by atoms with Crippen molar-refractivity contribution in [3.8, 4) is 33.9 Å². The fourth-order valence-electron chi connectivity index (χ4n) is 5.36. The Bertz CT molecular complexity index is 1980. The first-order valence-electron chi connectivity index (χ1n) is 15.1. The lowest BCUT2D eigenvalue weighted by molar-refractivity contribution is -0.265. The fourth-order valence-corrected chi connectivity index (χ4v) is 5.36. The number of ether oxygens (including phenoxy) is 2. The molecular formula is C34H27F7N4O5. The molecule has 2 atom stereocenters. The van der Waals surface area contributed by atoms with E-state index < -0.39 is 58.8 Å². The van der Waals surface area contributed by atoms with Crippen LogP contribution in [0.15, 0.2) is 67.0 Å². The Morgan fingerprint density at radius 2 is 1.72 bits per heavy atom. The molecule has 2 amide bonds. The highest BCUT2D eigenvalue weighted by molar-refractivity contribution is 5.96. The van der Waals surface area contributed by atoms with Crippen LogP contribution in [0.25, 0.3) is 22.4 Å². The summed E-state index contributed by atoms with van der Waals surface area (Å²) in [6.07, 6.45) is -7.27. The minimum atomic E-state index is -5.47. The number of nitrogens with two attached hydrogens (primary N) is 1. The Kier molecular flexibility index (Phi) is 8.49. The van der Waals surface area contributed by atoms with Crippen molar-refractivity contribution in [3.05, 3.63) is 95.2 Å². The number of fused-ring (bicyclic) bond motifs is 1. The summed E-state index contributed by atoms with van der Waals surface area (Å²) < 4.78 is 110. The number of carbonyl (C=O) groups excluding carboxylic acids is 2. The molecule has 2 aromatic carbocycles. The SMILES string of the molecule is C[C@]1(C(N)=O)COc2c1cc(C(O)(CNC(=O)c1ccc(OC3CC3)c(-c3cncc(C(F)(F)F)c3)c1)C(F)(F)F)nc2-c1ccc(F)cc1. The smallest absolute Gasteiger partial charge is 0.424 e. The number of hydrogen-bond acceptors (Lipinski definition) is 7. The maximum absolute atomic E-state index is 14.8. The molecule has 16 heteroatoms. The molecule has 0 bridgehead atoms. The molecule has 4 aromatic rings. The van der Waals surface area contributed by atoms with Crippen molar-refractivity contribution in [2.75, 3.05) is 13.2 Å². The van der Waals surface area contributed by atoms with Crippen LogP contribution in [0, 0.1) is 5.82 Å². The van der Waals surface area contributed by atoms with Crippen molar-refractivity contribution in [1.29, 1.82) is 0 Å². The number of nitrogens with one attached hydrogen (secondary N) is 1. The minimum absolute atomic E-state index is 0.0317. The quantitative estimate of drug-likeness (QED) is 0.187. The molecule has 9 nitrogen and oxygen atoms in total. The number of aliphatic hydroxyl groups is 1. The third-order valence-electron chi connectivity index (χ3n) is 8.57. The summed E-state index contributed by atoms with van der Waals surface area (Å²) in [7, 11) is 0. The van der Waals surface area contributed by atoms with Gasteiger partial charge in [0, 0.05) is 40.2 Å². The maximum Gasteiger partial charge on any atom is 0.424 e. The fraction of sp³-hybridized carbons (Fsp3) is 0.294. The van der Waals surface area contributed by atoms with Gasteiger partial charge in [-0.05, 0) is 74.4 Å². The number of aromatic nitrogens is 2. The zero-order chi connectivity index (χ0) is 36.2. The van der Waals surface area contributed by atoms with E-state index in [1.54, 1.807) is 0 Å². The van der Waals surface area contributed by atoms with Gasteiger partial charge in [-0.3, -0.25) is 14.6 Å². The average molecular weight is 705 g/mol. The predicted octanol–water partition coefficient (Wildman–Crippen LogP) is 5.83. The highest BCUT2D eigenvalue weighted by Gasteiger charge is 2.57. The number of carbonyl (C=O) groups is 2. The summed E-state index contributed by atoms with van der Waals surface area (Å²) in [5, 5.41) is 13.4. The topological polar surface area (TPSA) is 137 Å². The normalized spacial score (nSPS) is 18.5. The summed E-state index contributed by atoms with van der Waals surface area (Å²) >= 11 is 0. The van der Waals surface area contributed by atoms with E-state index in [1.165, 1.54) is 31.2 Å². The average Bonchev–Trinajstić information content (AvgIpc) is 3.82. The highest BCUT2D eigenvalue weighted by Crippen LogP contribution is 2.48. The Labute approximate surface area is 279 Å². The molecule has 0 radical (unpaired) electrons. The molecule has 2 aromatic heterocycles. The standard InChI is InChI=1S/C34H27F7N4O5/c1-31(30(42)47)16-49-28-24(31)12-26(45-27(28)17-2-5-21(35)6-3-17)32(48,34(39,40)41)15-44-29(46)18-4-9-25(50-22-7-8-22)23(11-18)19-10-20(14-43-13-19)33(36,37)38/h2-6,9-14,22,48H,7-8,15-16H2,1H3,(H2,42,47)(H,44,46)/t31-,32?/m0/s1. The second-order valence-electron chi connectivity index (χ2n) is 12.3. The summed E-state index contributed by atoms with van der Waals surface area (Å²) in [6.45, 7) is -0.511. The van der Waals surface area contributed by atoms with Gasteiger partial charge in [0.1, 0.15) is 35.0 Å². The van der Waals surface area contributed by atoms with Crippen LogP contribution in [0.4, 0.5) is 30.7 Å². The second-order valence-corrected chi connectivity index (χ2v) is 12.3. The number of rotatable bonds is 9. The van der Waals surface area contributed by atoms with Crippen LogP contribution in [0.1, 0.15) is 46.9 Å². The molecule has 1 fully saturated rings. The lowest BCUT2D eigenvalue weighted by Gasteiger charge is -2.31. The summed E-state index contributed by atoms with van der Waals surface area (Å²) in [6, 6.07) is 9.77. The van der Waals surface area contributed by atoms with Crippen molar-refractivity contribution >= 4 is 11.8 Å². The molecule has 50 heavy (non-hydrogen) atoms. The Morgan fingerprint density at radius 1 is 1.02 bits per heavy atom. The zero-order valence-corrected chi connectivity index (χ0v) is 26.0. The molecule has 2 aliphatic rings. The third kappa shape index (κ3) is 6.42. The van der Waals surface area contributed by atoms with Crippen LogP contribution >= 0.6 is 0 Å². The predicted molar refractivity (Wildman–Crippen MR) is 162 cm³/mol. The lowest BCUT2D eigenvalue weighted by atomic mass is 9.81. The molecule has 1 aliphatic carbocycles. The number of hydrogen-bond donors (Lipinski definition) is 3. The molecule has 1 aliphatic heterocycles. The van der Waals surface area contributed by atoms with Crippen LogP contribution in [0.5, 0.6) is 11.5 Å². The molecule has 0 spiro atoms. The first-order valence-corrected chi connectivity index (χ1v) is 15.1. The Balaban J connectivity index is 1.38. The van der Waals surface area contributed by atoms with E-state index in [0.29, 0.717) is 19.0 Å². The van der Waals surface area contributed by atoms with E-state index in [2.05, 4.69) is 15.3 Å². The van der Waals surface area contributed by atoms with Gasteiger partial charge in [-0.25, -0.2) is 9.37 Å². The van der Waals surface area contributed by atoms with Gasteiger partial charge in [-0.15, -0.1) is 0 Å². The van der Waals surface area contributed by atoms with Crippen molar-refractivity contribution in [3.63, 3.8) is 0 Å². The zero-order valence-electron chi connectivity index (χ0n) is 26.0. The Morgan fingerprint density at radius 3 is 2.34 bits per heavy atom. The van der Waals surface area contributed by atoms with E-state index >= 15 is 0 Å². The lowest BCUT2D eigenvalue weighted by Crippen LogP contribution is -2.51. The van der Waals surface area contributed by atoms with Crippen LogP contribution < -0.4 is 20.5 Å². The Hall–Kier alpha value is -5.25. The van der Waals surface area contributed by atoms with Gasteiger partial charge < -0.3 is 25.6 Å². The van der Waals surface area contributed by atoms with Crippen molar-refractivity contribution in [1.82, 2.24) is 15.3 Å². The molecular weight excluding hydrogens is 677 g/mol. The molecule has 4 N–H and O–H groups in total. The van der Waals surface area contributed by atoms with Crippen LogP contribution in [0.3, 0.4) is 0 Å². The van der Waals surface area contributed by atoms with Gasteiger partial charge in [-0.1, -0.05) is 0 Å². The van der Waals surface area contributed by atoms with Crippen molar-refractivity contribution in [2.45, 2.75) is 49.2 Å². The number of primary amides is 1. The van der Waals surface area contributed by atoms with E-state index in [1.807, 2.05) is 0 Å². The third-order valence-corrected chi connectivity index (χ3v) is 8.57. The molecule has 6 rings (SSSR count). The number of amides is 2. The second kappa shape index (κ2) is 12.3. The van der Waals surface area contributed by atoms with Crippen LogP contribution in [0.2, 0.25) is 0 Å². The largest absolute Gasteiger partial charge is 0.490 e. The van der Waals surface area contributed by atoms with E-state index in [0.717, 1.165) is 36.5 Å². The summed E-state index contributed by atoms with van der Waals surface area (Å²) in [5.74, 6) is -2.69. The minimum Gasteiger partial charge on any atom is -0.490 e. The van der Waals surface area contributed by atoms with Crippen molar-refractivity contribution in [2.24, 2.45) is 5.73 Å². The number of pyridine rings is 2. The van der Waals surface area contributed by atoms with Gasteiger partial charge in [-0.2, -0.15) is 26.3 Å². The van der Waals surface area contributed by atoms with Gasteiger partial charge >= 0.3 is 12.4 Å². The van der Waals surface area contributed by atoms with Gasteiger partial charge in [0.05, 0.1) is 23.9 Å². The molecule has 1 saturated carbocycles. The van der Waals surface area contributed by atoms with Crippen LogP contribution in [-0.4, -0.2) is 52.3 Å². The van der Waals surface area contributed by atoms with Gasteiger partial charge in [0.15, 0.2) is 0 Å². The number of halogens is 7. The first kappa shape index (κ1) is 34.6. The monoisotopic (exact) mass is 704 g/mol. The summed E-state index contributed by atoms with van der Waals surface area (Å²) in [4.78, 5) is 33.5. The number of benzene rings is 2. The molecule has 3 heterocycles. The van der Waals surface area contributed by atoms with Crippen LogP contribution in [-0.2, 0) is 22.0 Å². The maximum atomic E-state index is 14.8. The van der Waals surface area contributed by atoms with E-state index in [9.17, 15) is 45.4 Å². The summed E-state index contributed by atoms with van der Waals surface area (Å²) in [5.41, 5.74) is -2.58. The first-order chi connectivity index (χ1) is 23.4. The number of nitrogens with zero attached hydrogens (tertiary/aromatic N) is 2. The highest BCUT2D eigenvalue weighted by atomic mass is 19.4. The van der Waals surface area contributed by atoms with Crippen molar-refractivity contribution < 1.29 is 54.9 Å². The van der Waals surface area contributed by atoms with E-state index in [-0.39, 0.29) is 57.7 Å². The molecule has 1 unspecified atom stereocenters. The molecule has 262 valence electrons. The number of alkyl halides is 6. The van der Waals surface area contributed by atoms with E-state index in [4.69, 9.17) is 15.2 Å².